The van der Waals surface area contributed by atoms with Gasteiger partial charge in [-0.25, -0.2) is 0 Å². The summed E-state index contributed by atoms with van der Waals surface area (Å²) in [4.78, 5) is 22.8. The van der Waals surface area contributed by atoms with Crippen LogP contribution in [0.3, 0.4) is 0 Å². The Bertz CT molecular complexity index is 3270. The largest absolute Gasteiger partial charge is 1.00 e. The number of phosphoric acid groups is 1. The fraction of sp³-hybridized carbons (Fsp3) is 0.352. The van der Waals surface area contributed by atoms with Crippen LogP contribution >= 0.6 is 7.82 Å². The second kappa shape index (κ2) is 22.0. The first-order chi connectivity index (χ1) is 33.1. The van der Waals surface area contributed by atoms with E-state index in [1.54, 1.807) is 12.1 Å². The monoisotopic (exact) mass is 1030 g/mol. The topological polar surface area (TPSA) is 197 Å². The Balaban J connectivity index is 0.00000741. The molecule has 0 saturated heterocycles. The molecule has 370 valence electrons. The summed E-state index contributed by atoms with van der Waals surface area (Å²) in [5.74, 6) is -0.588. The first kappa shape index (κ1) is 54.4. The smallest absolute Gasteiger partial charge is 0.746 e. The predicted molar refractivity (Wildman–Crippen MR) is 277 cm³/mol. The van der Waals surface area contributed by atoms with E-state index in [2.05, 4.69) is 120 Å². The van der Waals surface area contributed by atoms with Gasteiger partial charge in [0.1, 0.15) is 12.3 Å². The summed E-state index contributed by atoms with van der Waals surface area (Å²) in [7, 11) is -13.1. The van der Waals surface area contributed by atoms with Crippen molar-refractivity contribution in [2.24, 2.45) is 0 Å². The molecule has 0 bridgehead atoms. The number of nitrogens with zero attached hydrogens (tertiary/aromatic N) is 2. The van der Waals surface area contributed by atoms with Crippen molar-refractivity contribution in [1.29, 1.82) is 0 Å². The van der Waals surface area contributed by atoms with Gasteiger partial charge in [-0.3, -0.25) is 13.7 Å². The molecule has 1 unspecified atom stereocenters. The van der Waals surface area contributed by atoms with E-state index in [0.29, 0.717) is 51.7 Å². The van der Waals surface area contributed by atoms with Gasteiger partial charge in [-0.1, -0.05) is 86.7 Å². The number of unbranched alkanes of at least 4 members (excludes halogenated alkanes) is 2. The number of fused-ring (bicyclic) bond motifs is 4. The summed E-state index contributed by atoms with van der Waals surface area (Å²) in [6.45, 7) is 10.5. The average Bonchev–Trinajstić information content (AvgIpc) is 3.62. The summed E-state index contributed by atoms with van der Waals surface area (Å²) in [6, 6.07) is 32.0. The minimum Gasteiger partial charge on any atom is -0.746 e. The third-order valence-corrected chi connectivity index (χ3v) is 15.9. The van der Waals surface area contributed by atoms with Gasteiger partial charge in [-0.2, -0.15) is 21.4 Å². The van der Waals surface area contributed by atoms with Crippen LogP contribution < -0.4 is 49.2 Å². The van der Waals surface area contributed by atoms with Crippen LogP contribution in [0.15, 0.2) is 144 Å². The van der Waals surface area contributed by atoms with Crippen molar-refractivity contribution in [2.45, 2.75) is 89.9 Å². The fourth-order valence-corrected chi connectivity index (χ4v) is 11.9. The Morgan fingerprint density at radius 2 is 1.35 bits per heavy atom. The summed E-state index contributed by atoms with van der Waals surface area (Å²) >= 11 is 0. The minimum atomic E-state index is -4.95. The number of hydrogen-bond acceptors (Lipinski definition) is 9. The molecule has 71 heavy (non-hydrogen) atoms. The zero-order chi connectivity index (χ0) is 50.1. The van der Waals surface area contributed by atoms with E-state index in [-0.39, 0.29) is 46.8 Å². The minimum absolute atomic E-state index is 0. The van der Waals surface area contributed by atoms with Crippen LogP contribution in [0.1, 0.15) is 89.3 Å². The quantitative estimate of drug-likeness (QED) is 0.0218. The van der Waals surface area contributed by atoms with E-state index in [9.17, 15) is 40.3 Å². The van der Waals surface area contributed by atoms with Gasteiger partial charge in [0.25, 0.3) is 20.2 Å². The summed E-state index contributed by atoms with van der Waals surface area (Å²) in [5.41, 5.74) is 9.99. The maximum atomic E-state index is 11.7. The Morgan fingerprint density at radius 1 is 0.761 bits per heavy atom. The van der Waals surface area contributed by atoms with Crippen LogP contribution in [0.25, 0.3) is 21.5 Å². The molecular weight excluding hydrogens is 969 g/mol. The molecule has 0 saturated carbocycles. The molecule has 5 aromatic rings. The first-order valence-corrected chi connectivity index (χ1v) is 28.6. The zero-order valence-electron chi connectivity index (χ0n) is 41.1. The van der Waals surface area contributed by atoms with Crippen molar-refractivity contribution in [2.75, 3.05) is 36.0 Å². The van der Waals surface area contributed by atoms with E-state index in [1.807, 2.05) is 24.3 Å². The van der Waals surface area contributed by atoms with Crippen molar-refractivity contribution >= 4 is 66.7 Å². The maximum absolute atomic E-state index is 11.7. The van der Waals surface area contributed by atoms with Crippen LogP contribution in [0.4, 0.5) is 11.4 Å². The number of allylic oxidation sites excluding steroid dienone is 7. The molecule has 0 radical (unpaired) electrons. The summed E-state index contributed by atoms with van der Waals surface area (Å²) in [5, 5.41) is 8.28. The second-order valence-corrected chi connectivity index (χ2v) is 23.8. The van der Waals surface area contributed by atoms with Crippen LogP contribution in [0, 0.1) is 0 Å². The summed E-state index contributed by atoms with van der Waals surface area (Å²) in [6.07, 6.45) is 13.7. The van der Waals surface area contributed by atoms with Crippen molar-refractivity contribution < 1.29 is 78.9 Å². The standard InChI is InChI=1S/C54H62N3O10PS2.Na/c1-53(2)46-34-41-14-5-7-16-43(41)36-48(46)56(30-9-11-32-69(61,62)63)50(53)26-22-39-18-13-19-40(52(39)55-29-28-38-20-24-45(25-21-38)67-68(58,59)60)23-27-51-54(3,4)47-35-42-15-6-8-17-44(42)37-49(47)57(51)31-10-12-33-70(64,65)66;/h5-8,14-17,20-27,34-37H,9-13,18-19,28-33H2,1-4H3,(H4,58,59,60,61,62,63,64,65,66);/q;+1. The molecule has 8 rings (SSSR count). The number of phosphoric ester groups is 1. The Kier molecular flexibility index (Phi) is 16.8. The van der Waals surface area contributed by atoms with E-state index < -0.39 is 38.9 Å². The molecule has 13 nitrogen and oxygen atoms in total. The van der Waals surface area contributed by atoms with Gasteiger partial charge in [0, 0.05) is 59.7 Å². The summed E-state index contributed by atoms with van der Waals surface area (Å²) < 4.78 is 84.1. The molecule has 17 heteroatoms. The molecule has 3 aliphatic rings. The van der Waals surface area contributed by atoms with Gasteiger partial charge < -0.3 is 24.5 Å². The molecular formula is C54H62N3NaO10PS2+. The predicted octanol–water partition coefficient (Wildman–Crippen LogP) is 6.98. The van der Waals surface area contributed by atoms with Crippen LogP contribution in [0.5, 0.6) is 5.75 Å². The van der Waals surface area contributed by atoms with Crippen LogP contribution in [-0.2, 0) is 42.1 Å². The Labute approximate surface area is 440 Å². The Morgan fingerprint density at radius 3 is 1.97 bits per heavy atom. The third-order valence-electron chi connectivity index (χ3n) is 13.9. The van der Waals surface area contributed by atoms with Gasteiger partial charge in [-0.15, -0.1) is 0 Å². The van der Waals surface area contributed by atoms with Gasteiger partial charge in [0.05, 0.1) is 16.9 Å². The van der Waals surface area contributed by atoms with E-state index in [0.717, 1.165) is 86.0 Å². The van der Waals surface area contributed by atoms with Crippen molar-refractivity contribution in [3.63, 3.8) is 0 Å². The molecule has 0 spiro atoms. The number of benzene rings is 5. The van der Waals surface area contributed by atoms with Crippen LogP contribution in [0.2, 0.25) is 0 Å². The molecule has 1 atom stereocenters. The molecule has 4 N–H and O–H groups in total. The van der Waals surface area contributed by atoms with E-state index >= 15 is 0 Å². The van der Waals surface area contributed by atoms with Crippen molar-refractivity contribution in [1.82, 2.24) is 5.32 Å². The normalized spacial score (nSPS) is 18.6. The zero-order valence-corrected chi connectivity index (χ0v) is 45.6. The van der Waals surface area contributed by atoms with E-state index in [4.69, 9.17) is 0 Å². The number of hydrogen-bond donors (Lipinski definition) is 4. The van der Waals surface area contributed by atoms with E-state index in [1.165, 1.54) is 23.3 Å². The SMILES string of the molecule is CC1(C)C(=CC=C2CCCC(C=CC3=[N+](CCCCS(=O)(=O)O)c4cc5ccccc5cc4C3(C)C)=C2NCCc2ccc(OP(=O)([O-])O)cc2)N(CCCCS(=O)(=O)O)c2cc3ccccc3cc21.[Na+]. The van der Waals surface area contributed by atoms with Gasteiger partial charge in [0.2, 0.25) is 5.69 Å². The molecule has 1 aliphatic carbocycles. The van der Waals surface area contributed by atoms with Crippen molar-refractivity contribution in [3.05, 3.63) is 161 Å². The number of nitrogens with one attached hydrogen (secondary N) is 1. The number of anilines is 1. The molecule has 0 aromatic heterocycles. The third kappa shape index (κ3) is 13.1. The Hall–Kier alpha value is -4.38. The molecule has 0 amide bonds. The molecule has 5 aromatic carbocycles. The fourth-order valence-electron chi connectivity index (χ4n) is 10.3. The van der Waals surface area contributed by atoms with Gasteiger partial charge >= 0.3 is 37.4 Å². The van der Waals surface area contributed by atoms with Crippen LogP contribution in [-0.4, -0.2) is 72.3 Å². The average molecular weight is 1030 g/mol. The first-order valence-electron chi connectivity index (χ1n) is 23.9. The van der Waals surface area contributed by atoms with Gasteiger partial charge in [-0.05, 0) is 139 Å². The molecule has 2 aliphatic heterocycles. The molecule has 0 fully saturated rings. The second-order valence-electron chi connectivity index (χ2n) is 19.6. The maximum Gasteiger partial charge on any atom is 1.00 e. The molecule has 2 heterocycles. The number of rotatable bonds is 19. The van der Waals surface area contributed by atoms with Gasteiger partial charge in [0.15, 0.2) is 5.71 Å². The van der Waals surface area contributed by atoms with Crippen molar-refractivity contribution in [3.8, 4) is 5.75 Å².